The van der Waals surface area contributed by atoms with E-state index in [1.807, 2.05) is 30.6 Å². The summed E-state index contributed by atoms with van der Waals surface area (Å²) < 4.78 is 0. The van der Waals surface area contributed by atoms with Gasteiger partial charge >= 0.3 is 0 Å². The summed E-state index contributed by atoms with van der Waals surface area (Å²) in [4.78, 5) is 23.0. The van der Waals surface area contributed by atoms with Gasteiger partial charge in [0.2, 0.25) is 0 Å². The van der Waals surface area contributed by atoms with Crippen molar-refractivity contribution in [3.8, 4) is 33.2 Å². The largest absolute Gasteiger partial charge is 0.358 e. The lowest BCUT2D eigenvalue weighted by molar-refractivity contribution is 0.373. The number of nitrogens with one attached hydrogen (secondary N) is 4. The third-order valence-electron chi connectivity index (χ3n) is 7.20. The van der Waals surface area contributed by atoms with Crippen LogP contribution < -0.4 is 10.6 Å². The fourth-order valence-electron chi connectivity index (χ4n) is 5.25. The Balaban J connectivity index is 1.19. The minimum atomic E-state index is 0.660. The van der Waals surface area contributed by atoms with Crippen LogP contribution in [0, 0.1) is 5.92 Å². The molecule has 0 spiro atoms. The minimum Gasteiger partial charge on any atom is -0.358 e. The number of allylic oxidation sites excluding steroid dienone is 1. The Bertz CT molecular complexity index is 1780. The average Bonchev–Trinajstić information content (AvgIpc) is 3.73. The third kappa shape index (κ3) is 4.68. The molecular weight excluding hydrogens is 506 g/mol. The molecule has 0 saturated carbocycles. The molecule has 10 heteroatoms. The van der Waals surface area contributed by atoms with Crippen molar-refractivity contribution in [2.24, 2.45) is 5.92 Å². The number of imidazole rings is 1. The maximum Gasteiger partial charge on any atom is 0.178 e. The minimum absolute atomic E-state index is 0.660. The van der Waals surface area contributed by atoms with Gasteiger partial charge in [0.05, 0.1) is 34.8 Å². The highest BCUT2D eigenvalue weighted by Crippen LogP contribution is 2.33. The van der Waals surface area contributed by atoms with Gasteiger partial charge in [0.1, 0.15) is 5.69 Å². The van der Waals surface area contributed by atoms with Crippen LogP contribution in [0.25, 0.3) is 55.3 Å². The van der Waals surface area contributed by atoms with Crippen LogP contribution in [0.2, 0.25) is 0 Å². The van der Waals surface area contributed by atoms with Crippen molar-refractivity contribution in [1.29, 1.82) is 0 Å². The second kappa shape index (κ2) is 10.0. The van der Waals surface area contributed by atoms with Crippen LogP contribution >= 0.6 is 11.3 Å². The maximum atomic E-state index is 4.77. The Labute approximate surface area is 228 Å². The number of rotatable bonds is 7. The molecule has 0 unspecified atom stereocenters. The Kier molecular flexibility index (Phi) is 6.10. The number of pyridine rings is 3. The molecule has 1 fully saturated rings. The number of fused-ring (bicyclic) bond motifs is 2. The zero-order valence-electron chi connectivity index (χ0n) is 21.2. The van der Waals surface area contributed by atoms with Gasteiger partial charge in [0.25, 0.3) is 0 Å². The van der Waals surface area contributed by atoms with E-state index in [4.69, 9.17) is 4.98 Å². The molecule has 0 amide bonds. The van der Waals surface area contributed by atoms with Gasteiger partial charge in [-0.2, -0.15) is 5.10 Å². The number of H-pyrrole nitrogens is 2. The number of aromatic amines is 2. The summed E-state index contributed by atoms with van der Waals surface area (Å²) in [6, 6.07) is 10.2. The van der Waals surface area contributed by atoms with E-state index >= 15 is 0 Å². The Hall–Kier alpha value is -4.41. The summed E-state index contributed by atoms with van der Waals surface area (Å²) in [6.45, 7) is 6.43. The van der Waals surface area contributed by atoms with Crippen molar-refractivity contribution < 1.29 is 0 Å². The number of hydrogen-bond donors (Lipinski definition) is 4. The quantitative estimate of drug-likeness (QED) is 0.199. The van der Waals surface area contributed by atoms with E-state index in [0.717, 1.165) is 74.7 Å². The molecule has 0 aromatic carbocycles. The molecule has 0 bridgehead atoms. The van der Waals surface area contributed by atoms with Crippen LogP contribution in [0.3, 0.4) is 0 Å². The number of hydrogen-bond acceptors (Lipinski definition) is 8. The van der Waals surface area contributed by atoms with E-state index in [0.29, 0.717) is 17.4 Å². The molecular formula is C29H27N9S. The summed E-state index contributed by atoms with van der Waals surface area (Å²) in [6.07, 6.45) is 10.6. The molecule has 7 rings (SSSR count). The number of aromatic nitrogens is 7. The molecule has 4 N–H and O–H groups in total. The summed E-state index contributed by atoms with van der Waals surface area (Å²) in [5.74, 6) is 1.33. The smallest absolute Gasteiger partial charge is 0.178 e. The second-order valence-electron chi connectivity index (χ2n) is 9.90. The molecule has 0 atom stereocenters. The number of piperidine rings is 1. The molecule has 194 valence electrons. The molecule has 0 radical (unpaired) electrons. The van der Waals surface area contributed by atoms with E-state index in [9.17, 15) is 0 Å². The summed E-state index contributed by atoms with van der Waals surface area (Å²) >= 11 is 1.69. The Morgan fingerprint density at radius 2 is 2.03 bits per heavy atom. The first kappa shape index (κ1) is 23.7. The van der Waals surface area contributed by atoms with E-state index in [1.165, 1.54) is 12.8 Å². The molecule has 9 nitrogen and oxygen atoms in total. The first-order valence-electron chi connectivity index (χ1n) is 13.1. The van der Waals surface area contributed by atoms with Gasteiger partial charge in [-0.1, -0.05) is 12.6 Å². The van der Waals surface area contributed by atoms with E-state index < -0.39 is 0 Å². The van der Waals surface area contributed by atoms with Crippen LogP contribution in [0.5, 0.6) is 0 Å². The predicted molar refractivity (Wildman–Crippen MR) is 156 cm³/mol. The zero-order chi connectivity index (χ0) is 26.2. The highest BCUT2D eigenvalue weighted by Gasteiger charge is 2.18. The van der Waals surface area contributed by atoms with Crippen molar-refractivity contribution in [2.45, 2.75) is 19.3 Å². The zero-order valence-corrected chi connectivity index (χ0v) is 22.1. The van der Waals surface area contributed by atoms with Gasteiger partial charge in [0.15, 0.2) is 11.5 Å². The lowest BCUT2D eigenvalue weighted by Gasteiger charge is -2.23. The van der Waals surface area contributed by atoms with Crippen LogP contribution in [-0.2, 0) is 0 Å². The van der Waals surface area contributed by atoms with Crippen LogP contribution in [-0.4, -0.2) is 48.2 Å². The van der Waals surface area contributed by atoms with Crippen molar-refractivity contribution in [3.63, 3.8) is 0 Å². The molecule has 39 heavy (non-hydrogen) atoms. The van der Waals surface area contributed by atoms with E-state index in [-0.39, 0.29) is 0 Å². The number of nitrogens with zero attached hydrogens (tertiary/aromatic N) is 5. The van der Waals surface area contributed by atoms with Gasteiger partial charge in [-0.3, -0.25) is 15.1 Å². The standard InChI is InChI=1S/C29H27N9S/c1-17(11-18-4-7-30-8-5-18)34-20-12-19(14-31-15-20)23-13-22-24(16-33-23)37-38-27(22)29-35-26-21(25-3-2-10-39-25)6-9-32-28(26)36-29/h2-3,6,9-10,12-16,18,30,34H,1,4-5,7-8,11H2,(H,37,38)(H,32,35,36). The third-order valence-corrected chi connectivity index (χ3v) is 8.10. The van der Waals surface area contributed by atoms with Crippen molar-refractivity contribution in [3.05, 3.63) is 72.8 Å². The molecule has 6 aromatic heterocycles. The average molecular weight is 534 g/mol. The maximum absolute atomic E-state index is 4.77. The Morgan fingerprint density at radius 3 is 2.90 bits per heavy atom. The topological polar surface area (TPSA) is 120 Å². The summed E-state index contributed by atoms with van der Waals surface area (Å²) in [5, 5.41) is 17.5. The Morgan fingerprint density at radius 1 is 1.10 bits per heavy atom. The molecule has 0 aliphatic carbocycles. The van der Waals surface area contributed by atoms with E-state index in [2.05, 4.69) is 64.9 Å². The molecule has 6 aromatic rings. The lowest BCUT2D eigenvalue weighted by atomic mass is 9.93. The fourth-order valence-corrected chi connectivity index (χ4v) is 6.01. The lowest BCUT2D eigenvalue weighted by Crippen LogP contribution is -2.28. The fraction of sp³-hybridized carbons (Fsp3) is 0.207. The first-order valence-corrected chi connectivity index (χ1v) is 13.9. The van der Waals surface area contributed by atoms with E-state index in [1.54, 1.807) is 23.7 Å². The van der Waals surface area contributed by atoms with Crippen molar-refractivity contribution >= 4 is 39.1 Å². The van der Waals surface area contributed by atoms with Gasteiger partial charge in [-0.25, -0.2) is 9.97 Å². The molecule has 1 aliphatic heterocycles. The highest BCUT2D eigenvalue weighted by molar-refractivity contribution is 7.13. The molecule has 1 saturated heterocycles. The summed E-state index contributed by atoms with van der Waals surface area (Å²) in [7, 11) is 0. The number of anilines is 1. The second-order valence-corrected chi connectivity index (χ2v) is 10.8. The van der Waals surface area contributed by atoms with Crippen molar-refractivity contribution in [2.75, 3.05) is 18.4 Å². The van der Waals surface area contributed by atoms with Crippen molar-refractivity contribution in [1.82, 2.24) is 40.4 Å². The SMILES string of the molecule is C=C(CC1CCNCC1)Nc1cncc(-c2cc3c(-c4nc5nccc(-c6cccs6)c5[nH]4)n[nH]c3cn2)c1. The van der Waals surface area contributed by atoms with Gasteiger partial charge < -0.3 is 15.6 Å². The molecule has 7 heterocycles. The van der Waals surface area contributed by atoms with Crippen LogP contribution in [0.15, 0.2) is 72.8 Å². The first-order chi connectivity index (χ1) is 19.2. The molecule has 1 aliphatic rings. The predicted octanol–water partition coefficient (Wildman–Crippen LogP) is 6.00. The van der Waals surface area contributed by atoms with Crippen LogP contribution in [0.4, 0.5) is 5.69 Å². The summed E-state index contributed by atoms with van der Waals surface area (Å²) in [5.41, 5.74) is 7.83. The monoisotopic (exact) mass is 533 g/mol. The normalized spacial score (nSPS) is 14.3. The van der Waals surface area contributed by atoms with Gasteiger partial charge in [0, 0.05) is 39.5 Å². The van der Waals surface area contributed by atoms with Gasteiger partial charge in [-0.05, 0) is 67.9 Å². The highest BCUT2D eigenvalue weighted by atomic mass is 32.1. The van der Waals surface area contributed by atoms with Crippen LogP contribution in [0.1, 0.15) is 19.3 Å². The van der Waals surface area contributed by atoms with Gasteiger partial charge in [-0.15, -0.1) is 11.3 Å². The number of thiophene rings is 1.